The van der Waals surface area contributed by atoms with Gasteiger partial charge in [-0.3, -0.25) is 14.5 Å². The molecule has 32 heavy (non-hydrogen) atoms. The van der Waals surface area contributed by atoms with Crippen LogP contribution >= 0.6 is 11.6 Å². The summed E-state index contributed by atoms with van der Waals surface area (Å²) in [6.45, 7) is 5.42. The van der Waals surface area contributed by atoms with Crippen molar-refractivity contribution in [1.29, 1.82) is 0 Å². The standard InChI is InChI=1S/C23H25ClF3N3O2/c1-22(2,16-7-4-3-5-8-16)21(32)30-13-11-29(12-14-30)15-19(31)28-20-17(23(25,26)27)9-6-10-18(20)24/h3-10H,11-15H2,1-2H3,(H,28,31). The number of carbonyl (C=O) groups excluding carboxylic acids is 2. The van der Waals surface area contributed by atoms with Gasteiger partial charge in [0, 0.05) is 26.2 Å². The first-order valence-corrected chi connectivity index (χ1v) is 10.6. The lowest BCUT2D eigenvalue weighted by atomic mass is 9.83. The number of amides is 2. The highest BCUT2D eigenvalue weighted by atomic mass is 35.5. The molecule has 1 saturated heterocycles. The van der Waals surface area contributed by atoms with E-state index in [1.165, 1.54) is 12.1 Å². The Morgan fingerprint density at radius 1 is 0.969 bits per heavy atom. The van der Waals surface area contributed by atoms with Gasteiger partial charge in [-0.1, -0.05) is 48.0 Å². The number of para-hydroxylation sites is 1. The summed E-state index contributed by atoms with van der Waals surface area (Å²) < 4.78 is 39.7. The van der Waals surface area contributed by atoms with Gasteiger partial charge in [0.1, 0.15) is 0 Å². The summed E-state index contributed by atoms with van der Waals surface area (Å²) in [5.74, 6) is -0.591. The first-order chi connectivity index (χ1) is 15.0. The molecule has 2 amide bonds. The fraction of sp³-hybridized carbons (Fsp3) is 0.391. The van der Waals surface area contributed by atoms with E-state index < -0.39 is 28.7 Å². The summed E-state index contributed by atoms with van der Waals surface area (Å²) in [7, 11) is 0. The monoisotopic (exact) mass is 467 g/mol. The molecule has 0 bridgehead atoms. The predicted octanol–water partition coefficient (Wildman–Crippen LogP) is 4.42. The van der Waals surface area contributed by atoms with Crippen LogP contribution in [0.1, 0.15) is 25.0 Å². The molecule has 0 saturated carbocycles. The van der Waals surface area contributed by atoms with Gasteiger partial charge in [-0.05, 0) is 31.5 Å². The number of halogens is 4. The van der Waals surface area contributed by atoms with Crippen LogP contribution in [0.2, 0.25) is 5.02 Å². The fourth-order valence-electron chi connectivity index (χ4n) is 3.75. The molecule has 9 heteroatoms. The van der Waals surface area contributed by atoms with Crippen molar-refractivity contribution in [1.82, 2.24) is 9.80 Å². The maximum atomic E-state index is 13.2. The number of hydrogen-bond donors (Lipinski definition) is 1. The summed E-state index contributed by atoms with van der Waals surface area (Å²) in [6.07, 6.45) is -4.63. The van der Waals surface area contributed by atoms with Crippen molar-refractivity contribution in [2.75, 3.05) is 38.0 Å². The van der Waals surface area contributed by atoms with Gasteiger partial charge in [0.25, 0.3) is 0 Å². The van der Waals surface area contributed by atoms with E-state index in [2.05, 4.69) is 5.32 Å². The van der Waals surface area contributed by atoms with Crippen LogP contribution in [0.4, 0.5) is 18.9 Å². The molecular formula is C23H25ClF3N3O2. The van der Waals surface area contributed by atoms with E-state index in [4.69, 9.17) is 11.6 Å². The third-order valence-electron chi connectivity index (χ3n) is 5.64. The minimum atomic E-state index is -4.63. The highest BCUT2D eigenvalue weighted by Gasteiger charge is 2.36. The second-order valence-corrected chi connectivity index (χ2v) is 8.67. The SMILES string of the molecule is CC(C)(C(=O)N1CCN(CC(=O)Nc2c(Cl)cccc2C(F)(F)F)CC1)c1ccccc1. The zero-order valence-electron chi connectivity index (χ0n) is 17.9. The zero-order valence-corrected chi connectivity index (χ0v) is 18.6. The highest BCUT2D eigenvalue weighted by molar-refractivity contribution is 6.34. The second-order valence-electron chi connectivity index (χ2n) is 8.27. The molecule has 3 rings (SSSR count). The van der Waals surface area contributed by atoms with Crippen LogP contribution in [-0.2, 0) is 21.2 Å². The number of nitrogens with one attached hydrogen (secondary N) is 1. The first-order valence-electron chi connectivity index (χ1n) is 10.2. The van der Waals surface area contributed by atoms with Crippen molar-refractivity contribution >= 4 is 29.1 Å². The smallest absolute Gasteiger partial charge is 0.339 e. The number of anilines is 1. The van der Waals surface area contributed by atoms with Crippen LogP contribution in [-0.4, -0.2) is 54.3 Å². The van der Waals surface area contributed by atoms with Crippen LogP contribution in [0.25, 0.3) is 0 Å². The lowest BCUT2D eigenvalue weighted by molar-refractivity contribution is -0.138. The molecule has 1 heterocycles. The number of carbonyl (C=O) groups is 2. The van der Waals surface area contributed by atoms with E-state index in [9.17, 15) is 22.8 Å². The molecule has 1 N–H and O–H groups in total. The van der Waals surface area contributed by atoms with Gasteiger partial charge < -0.3 is 10.2 Å². The first kappa shape index (κ1) is 24.1. The average molecular weight is 468 g/mol. The normalized spacial score (nSPS) is 15.5. The number of benzene rings is 2. The van der Waals surface area contributed by atoms with Crippen molar-refractivity contribution in [3.8, 4) is 0 Å². The van der Waals surface area contributed by atoms with Crippen molar-refractivity contribution in [2.45, 2.75) is 25.4 Å². The van der Waals surface area contributed by atoms with Crippen LogP contribution in [0.15, 0.2) is 48.5 Å². The molecule has 0 aromatic heterocycles. The minimum absolute atomic E-state index is 0.00121. The average Bonchev–Trinajstić information content (AvgIpc) is 2.75. The highest BCUT2D eigenvalue weighted by Crippen LogP contribution is 2.38. The molecule has 0 spiro atoms. The number of nitrogens with zero attached hydrogens (tertiary/aromatic N) is 2. The molecule has 1 aliphatic heterocycles. The molecule has 0 atom stereocenters. The fourth-order valence-corrected chi connectivity index (χ4v) is 3.97. The summed E-state index contributed by atoms with van der Waals surface area (Å²) in [5.41, 5.74) is -1.19. The Labute approximate surface area is 190 Å². The topological polar surface area (TPSA) is 52.7 Å². The van der Waals surface area contributed by atoms with E-state index in [0.717, 1.165) is 11.6 Å². The molecule has 0 aliphatic carbocycles. The molecule has 1 fully saturated rings. The van der Waals surface area contributed by atoms with Crippen LogP contribution in [0, 0.1) is 0 Å². The second kappa shape index (κ2) is 9.50. The Hall–Kier alpha value is -2.58. The number of rotatable bonds is 5. The van der Waals surface area contributed by atoms with Crippen molar-refractivity contribution in [3.63, 3.8) is 0 Å². The third-order valence-corrected chi connectivity index (χ3v) is 5.96. The lowest BCUT2D eigenvalue weighted by Crippen LogP contribution is -2.54. The van der Waals surface area contributed by atoms with Gasteiger partial charge in [0.05, 0.1) is 28.2 Å². The molecule has 2 aromatic rings. The Morgan fingerprint density at radius 3 is 2.19 bits per heavy atom. The van der Waals surface area contributed by atoms with Gasteiger partial charge >= 0.3 is 6.18 Å². The minimum Gasteiger partial charge on any atom is -0.339 e. The van der Waals surface area contributed by atoms with E-state index >= 15 is 0 Å². The van der Waals surface area contributed by atoms with E-state index in [0.29, 0.717) is 26.2 Å². The molecule has 5 nitrogen and oxygen atoms in total. The maximum absolute atomic E-state index is 13.2. The van der Waals surface area contributed by atoms with E-state index in [1.807, 2.05) is 44.2 Å². The molecule has 0 unspecified atom stereocenters. The van der Waals surface area contributed by atoms with Crippen molar-refractivity contribution < 1.29 is 22.8 Å². The van der Waals surface area contributed by atoms with Crippen LogP contribution < -0.4 is 5.32 Å². The van der Waals surface area contributed by atoms with Gasteiger partial charge in [0.2, 0.25) is 11.8 Å². The van der Waals surface area contributed by atoms with Gasteiger partial charge in [-0.25, -0.2) is 0 Å². The van der Waals surface area contributed by atoms with Crippen molar-refractivity contribution in [3.05, 3.63) is 64.7 Å². The van der Waals surface area contributed by atoms with Gasteiger partial charge in [-0.2, -0.15) is 13.2 Å². The molecule has 0 radical (unpaired) electrons. The van der Waals surface area contributed by atoms with Crippen LogP contribution in [0.3, 0.4) is 0 Å². The quantitative estimate of drug-likeness (QED) is 0.708. The third kappa shape index (κ3) is 5.42. The van der Waals surface area contributed by atoms with Gasteiger partial charge in [0.15, 0.2) is 0 Å². The zero-order chi connectivity index (χ0) is 23.5. The summed E-state index contributed by atoms with van der Waals surface area (Å²) in [5, 5.41) is 2.12. The molecule has 2 aromatic carbocycles. The Kier molecular flexibility index (Phi) is 7.15. The van der Waals surface area contributed by atoms with Gasteiger partial charge in [-0.15, -0.1) is 0 Å². The Bertz CT molecular complexity index is 972. The summed E-state index contributed by atoms with van der Waals surface area (Å²) in [6, 6.07) is 12.9. The number of hydrogen-bond acceptors (Lipinski definition) is 3. The summed E-state index contributed by atoms with van der Waals surface area (Å²) >= 11 is 5.90. The predicted molar refractivity (Wildman–Crippen MR) is 118 cm³/mol. The van der Waals surface area contributed by atoms with Crippen LogP contribution in [0.5, 0.6) is 0 Å². The Morgan fingerprint density at radius 2 is 1.59 bits per heavy atom. The van der Waals surface area contributed by atoms with E-state index in [1.54, 1.807) is 9.80 Å². The number of piperazine rings is 1. The Balaban J connectivity index is 1.58. The molecule has 172 valence electrons. The largest absolute Gasteiger partial charge is 0.418 e. The maximum Gasteiger partial charge on any atom is 0.418 e. The lowest BCUT2D eigenvalue weighted by Gasteiger charge is -2.38. The molecule has 1 aliphatic rings. The summed E-state index contributed by atoms with van der Waals surface area (Å²) in [4.78, 5) is 29.0. The molecular weight excluding hydrogens is 443 g/mol. The van der Waals surface area contributed by atoms with Crippen molar-refractivity contribution in [2.24, 2.45) is 0 Å². The number of alkyl halides is 3. The van der Waals surface area contributed by atoms with E-state index in [-0.39, 0.29) is 17.5 Å².